The number of benzene rings is 1. The molecule has 1 aromatic carbocycles. The molecule has 1 aromatic rings. The third kappa shape index (κ3) is 2.58. The molecule has 92 valence electrons. The molecule has 1 fully saturated rings. The maximum Gasteiger partial charge on any atom is 0.150 e. The lowest BCUT2D eigenvalue weighted by molar-refractivity contribution is -0.130. The van der Waals surface area contributed by atoms with Crippen LogP contribution < -0.4 is 0 Å². The number of piperidine rings is 1. The number of likely N-dealkylation sites (tertiary alicyclic amines) is 1. The molecule has 0 bridgehead atoms. The van der Waals surface area contributed by atoms with E-state index in [9.17, 15) is 4.79 Å². The van der Waals surface area contributed by atoms with Gasteiger partial charge in [0.1, 0.15) is 5.78 Å². The van der Waals surface area contributed by atoms with Crippen LogP contribution in [-0.2, 0) is 11.3 Å². The third-order valence-electron chi connectivity index (χ3n) is 4.04. The lowest BCUT2D eigenvalue weighted by atomic mass is 9.87. The summed E-state index contributed by atoms with van der Waals surface area (Å²) in [5.74, 6) is 0.842. The zero-order valence-electron chi connectivity index (χ0n) is 10.9. The molecule has 0 aromatic heterocycles. The number of rotatable bonds is 2. The van der Waals surface area contributed by atoms with Crippen LogP contribution in [-0.4, -0.2) is 22.8 Å². The molecule has 0 unspecified atom stereocenters. The second-order valence-corrected chi connectivity index (χ2v) is 5.22. The topological polar surface area (TPSA) is 20.3 Å². The summed E-state index contributed by atoms with van der Waals surface area (Å²) < 4.78 is 0. The first-order valence-electron chi connectivity index (χ1n) is 6.42. The molecular formula is C15H21NO. The minimum Gasteiger partial charge on any atom is -0.298 e. The molecule has 2 rings (SSSR count). The molecule has 1 saturated heterocycles. The van der Waals surface area contributed by atoms with Crippen LogP contribution >= 0.6 is 0 Å². The molecule has 0 saturated carbocycles. The van der Waals surface area contributed by atoms with Crippen LogP contribution in [0.1, 0.15) is 32.8 Å². The van der Waals surface area contributed by atoms with Gasteiger partial charge in [0, 0.05) is 19.0 Å². The van der Waals surface area contributed by atoms with Gasteiger partial charge in [-0.1, -0.05) is 37.3 Å². The molecule has 1 aliphatic rings. The van der Waals surface area contributed by atoms with Crippen LogP contribution in [0.3, 0.4) is 0 Å². The first-order chi connectivity index (χ1) is 8.09. The summed E-state index contributed by atoms with van der Waals surface area (Å²) in [6, 6.07) is 10.9. The average Bonchev–Trinajstić information content (AvgIpc) is 2.33. The van der Waals surface area contributed by atoms with Crippen LogP contribution in [0.25, 0.3) is 0 Å². The highest BCUT2D eigenvalue weighted by molar-refractivity contribution is 5.84. The van der Waals surface area contributed by atoms with Crippen LogP contribution in [0.4, 0.5) is 0 Å². The molecule has 0 aliphatic carbocycles. The predicted molar refractivity (Wildman–Crippen MR) is 69.7 cm³/mol. The first-order valence-corrected chi connectivity index (χ1v) is 6.42. The van der Waals surface area contributed by atoms with Crippen molar-refractivity contribution < 1.29 is 4.79 Å². The van der Waals surface area contributed by atoms with E-state index < -0.39 is 0 Å². The highest BCUT2D eigenvalue weighted by Gasteiger charge is 2.35. The van der Waals surface area contributed by atoms with Gasteiger partial charge in [-0.3, -0.25) is 9.69 Å². The van der Waals surface area contributed by atoms with Crippen molar-refractivity contribution in [3.63, 3.8) is 0 Å². The molecular weight excluding hydrogens is 210 g/mol. The second-order valence-electron chi connectivity index (χ2n) is 5.22. The summed E-state index contributed by atoms with van der Waals surface area (Å²) in [6.07, 6.45) is 0.730. The molecule has 1 aliphatic heterocycles. The van der Waals surface area contributed by atoms with Gasteiger partial charge in [0.15, 0.2) is 0 Å². The molecule has 1 heterocycles. The van der Waals surface area contributed by atoms with E-state index in [2.05, 4.69) is 43.0 Å². The maximum atomic E-state index is 11.9. The number of hydrogen-bond donors (Lipinski definition) is 0. The highest BCUT2D eigenvalue weighted by Crippen LogP contribution is 2.26. The van der Waals surface area contributed by atoms with Gasteiger partial charge >= 0.3 is 0 Å². The van der Waals surface area contributed by atoms with Gasteiger partial charge in [0.25, 0.3) is 0 Å². The Hall–Kier alpha value is -1.15. The lowest BCUT2D eigenvalue weighted by Gasteiger charge is -2.41. The fourth-order valence-electron chi connectivity index (χ4n) is 2.60. The number of Topliss-reactive ketones (excluding diaryl/α,β-unsaturated/α-hetero) is 1. The van der Waals surface area contributed by atoms with Crippen molar-refractivity contribution in [1.82, 2.24) is 4.90 Å². The largest absolute Gasteiger partial charge is 0.298 e. The summed E-state index contributed by atoms with van der Waals surface area (Å²) in [7, 11) is 0. The Labute approximate surface area is 104 Å². The SMILES string of the molecule is C[C@@H]1CC(=O)[C@H](C)N(Cc2ccccc2)[C@@H]1C. The molecule has 17 heavy (non-hydrogen) atoms. The number of ketones is 1. The molecule has 3 atom stereocenters. The van der Waals surface area contributed by atoms with E-state index in [0.29, 0.717) is 17.7 Å². The summed E-state index contributed by atoms with van der Waals surface area (Å²) in [4.78, 5) is 14.2. The van der Waals surface area contributed by atoms with Crippen molar-refractivity contribution in [2.24, 2.45) is 5.92 Å². The summed E-state index contributed by atoms with van der Waals surface area (Å²) in [6.45, 7) is 7.32. The highest BCUT2D eigenvalue weighted by atomic mass is 16.1. The van der Waals surface area contributed by atoms with Gasteiger partial charge in [-0.25, -0.2) is 0 Å². The first kappa shape index (κ1) is 12.3. The third-order valence-corrected chi connectivity index (χ3v) is 4.04. The normalized spacial score (nSPS) is 30.5. The Morgan fingerprint density at radius 2 is 1.82 bits per heavy atom. The number of nitrogens with zero attached hydrogens (tertiary/aromatic N) is 1. The van der Waals surface area contributed by atoms with Crippen molar-refractivity contribution in [3.8, 4) is 0 Å². The summed E-state index contributed by atoms with van der Waals surface area (Å²) in [5.41, 5.74) is 1.29. The van der Waals surface area contributed by atoms with Crippen LogP contribution in [0.5, 0.6) is 0 Å². The van der Waals surface area contributed by atoms with E-state index in [4.69, 9.17) is 0 Å². The Kier molecular flexibility index (Phi) is 3.63. The molecule has 0 amide bonds. The van der Waals surface area contributed by atoms with Crippen molar-refractivity contribution >= 4 is 5.78 Å². The van der Waals surface area contributed by atoms with E-state index in [1.54, 1.807) is 0 Å². The van der Waals surface area contributed by atoms with Crippen molar-refractivity contribution in [2.75, 3.05) is 0 Å². The van der Waals surface area contributed by atoms with Crippen LogP contribution in [0.15, 0.2) is 30.3 Å². The van der Waals surface area contributed by atoms with E-state index >= 15 is 0 Å². The van der Waals surface area contributed by atoms with E-state index in [0.717, 1.165) is 13.0 Å². The zero-order chi connectivity index (χ0) is 12.4. The minimum absolute atomic E-state index is 0.0569. The van der Waals surface area contributed by atoms with E-state index in [-0.39, 0.29) is 6.04 Å². The minimum atomic E-state index is 0.0569. The Balaban J connectivity index is 2.15. The van der Waals surface area contributed by atoms with Gasteiger partial charge in [0.2, 0.25) is 0 Å². The van der Waals surface area contributed by atoms with Gasteiger partial charge in [-0.15, -0.1) is 0 Å². The van der Waals surface area contributed by atoms with Crippen molar-refractivity contribution in [3.05, 3.63) is 35.9 Å². The predicted octanol–water partition coefficient (Wildman–Crippen LogP) is 2.87. The second kappa shape index (κ2) is 5.01. The van der Waals surface area contributed by atoms with Crippen LogP contribution in [0.2, 0.25) is 0 Å². The van der Waals surface area contributed by atoms with Gasteiger partial charge in [0.05, 0.1) is 6.04 Å². The smallest absolute Gasteiger partial charge is 0.150 e. The van der Waals surface area contributed by atoms with Gasteiger partial charge < -0.3 is 0 Å². The molecule has 2 nitrogen and oxygen atoms in total. The zero-order valence-corrected chi connectivity index (χ0v) is 10.9. The molecule has 0 spiro atoms. The summed E-state index contributed by atoms with van der Waals surface area (Å²) >= 11 is 0. The van der Waals surface area contributed by atoms with Gasteiger partial charge in [-0.2, -0.15) is 0 Å². The lowest BCUT2D eigenvalue weighted by Crippen LogP contribution is -2.51. The van der Waals surface area contributed by atoms with E-state index in [1.165, 1.54) is 5.56 Å². The standard InChI is InChI=1S/C15H21NO/c1-11-9-15(17)13(3)16(12(11)2)10-14-7-5-4-6-8-14/h4-8,11-13H,9-10H2,1-3H3/t11-,12-,13+/m1/s1. The molecule has 2 heteroatoms. The fourth-order valence-corrected chi connectivity index (χ4v) is 2.60. The quantitative estimate of drug-likeness (QED) is 0.780. The van der Waals surface area contributed by atoms with Crippen molar-refractivity contribution in [1.29, 1.82) is 0 Å². The maximum absolute atomic E-state index is 11.9. The fraction of sp³-hybridized carbons (Fsp3) is 0.533. The average molecular weight is 231 g/mol. The Morgan fingerprint density at radius 1 is 1.18 bits per heavy atom. The van der Waals surface area contributed by atoms with E-state index in [1.807, 2.05) is 13.0 Å². The monoisotopic (exact) mass is 231 g/mol. The molecule has 0 radical (unpaired) electrons. The number of carbonyl (C=O) groups excluding carboxylic acids is 1. The molecule has 0 N–H and O–H groups in total. The number of hydrogen-bond acceptors (Lipinski definition) is 2. The van der Waals surface area contributed by atoms with Crippen LogP contribution in [0, 0.1) is 5.92 Å². The Morgan fingerprint density at radius 3 is 2.47 bits per heavy atom. The van der Waals surface area contributed by atoms with Crippen molar-refractivity contribution in [2.45, 2.75) is 45.8 Å². The summed E-state index contributed by atoms with van der Waals surface area (Å²) in [5, 5.41) is 0. The van der Waals surface area contributed by atoms with Gasteiger partial charge in [-0.05, 0) is 25.3 Å². The number of carbonyl (C=O) groups is 1. The Bertz CT molecular complexity index is 387.